The van der Waals surface area contributed by atoms with E-state index in [2.05, 4.69) is 0 Å². The summed E-state index contributed by atoms with van der Waals surface area (Å²) in [6.07, 6.45) is -1.49. The molecule has 0 bridgehead atoms. The maximum atomic E-state index is 12.3. The number of carboxylic acids is 1. The molecule has 2 aromatic rings. The van der Waals surface area contributed by atoms with Gasteiger partial charge in [0.25, 0.3) is 0 Å². The summed E-state index contributed by atoms with van der Waals surface area (Å²) in [6, 6.07) is 13.0. The number of ether oxygens (including phenoxy) is 3. The highest BCUT2D eigenvalue weighted by atomic mass is 16.5. The van der Waals surface area contributed by atoms with Gasteiger partial charge in [-0.2, -0.15) is 0 Å². The van der Waals surface area contributed by atoms with Crippen molar-refractivity contribution in [3.05, 3.63) is 59.7 Å². The van der Waals surface area contributed by atoms with Crippen molar-refractivity contribution in [3.8, 4) is 11.5 Å². The van der Waals surface area contributed by atoms with Crippen molar-refractivity contribution in [1.29, 1.82) is 0 Å². The summed E-state index contributed by atoms with van der Waals surface area (Å²) in [5.74, 6) is -1.87. The predicted molar refractivity (Wildman–Crippen MR) is 128 cm³/mol. The van der Waals surface area contributed by atoms with Gasteiger partial charge in [-0.05, 0) is 76.9 Å². The maximum Gasteiger partial charge on any atom is 0.316 e. The number of hydrogen-bond acceptors (Lipinski definition) is 7. The van der Waals surface area contributed by atoms with E-state index < -0.39 is 28.9 Å². The lowest BCUT2D eigenvalue weighted by molar-refractivity contribution is -0.150. The third kappa shape index (κ3) is 8.55. The van der Waals surface area contributed by atoms with Gasteiger partial charge in [0.1, 0.15) is 11.5 Å². The third-order valence-electron chi connectivity index (χ3n) is 4.80. The quantitative estimate of drug-likeness (QED) is 0.407. The number of carboxylic acid groups (broad SMARTS) is 1. The Morgan fingerprint density at radius 1 is 0.686 bits per heavy atom. The van der Waals surface area contributed by atoms with Gasteiger partial charge >= 0.3 is 23.9 Å². The fourth-order valence-electron chi connectivity index (χ4n) is 2.67. The molecule has 0 saturated heterocycles. The normalized spacial score (nSPS) is 11.6. The van der Waals surface area contributed by atoms with Crippen LogP contribution in [0.1, 0.15) is 71.6 Å². The van der Waals surface area contributed by atoms with E-state index in [0.29, 0.717) is 22.6 Å². The highest BCUT2D eigenvalue weighted by molar-refractivity contribution is 5.79. The zero-order valence-corrected chi connectivity index (χ0v) is 20.9. The number of aliphatic carboxylic acids is 1. The second-order valence-corrected chi connectivity index (χ2v) is 10.2. The summed E-state index contributed by atoms with van der Waals surface area (Å²) in [7, 11) is 0. The number of hydrogen-bond donors (Lipinski definition) is 1. The molecule has 35 heavy (non-hydrogen) atoms. The Balaban J connectivity index is 2.28. The number of rotatable bonds is 8. The van der Waals surface area contributed by atoms with E-state index in [1.165, 1.54) is 0 Å². The van der Waals surface area contributed by atoms with Gasteiger partial charge in [0, 0.05) is 0 Å². The molecule has 0 atom stereocenters. The van der Waals surface area contributed by atoms with E-state index >= 15 is 0 Å². The molecule has 0 aliphatic rings. The van der Waals surface area contributed by atoms with Crippen LogP contribution in [0.2, 0.25) is 0 Å². The Labute approximate surface area is 205 Å². The molecule has 1 N–H and O–H groups in total. The summed E-state index contributed by atoms with van der Waals surface area (Å²) < 4.78 is 16.4. The van der Waals surface area contributed by atoms with Crippen molar-refractivity contribution < 1.29 is 38.5 Å². The van der Waals surface area contributed by atoms with Crippen LogP contribution in [0, 0.1) is 10.8 Å². The van der Waals surface area contributed by atoms with E-state index in [-0.39, 0.29) is 24.8 Å². The molecule has 2 rings (SSSR count). The second-order valence-electron chi connectivity index (χ2n) is 10.2. The van der Waals surface area contributed by atoms with Crippen LogP contribution in [0.15, 0.2) is 48.5 Å². The Morgan fingerprint density at radius 2 is 1.06 bits per heavy atom. The largest absolute Gasteiger partial charge is 0.481 e. The summed E-state index contributed by atoms with van der Waals surface area (Å²) in [5.41, 5.74) is -0.162. The molecule has 8 nitrogen and oxygen atoms in total. The molecular weight excluding hydrogens is 452 g/mol. The maximum absolute atomic E-state index is 12.3. The van der Waals surface area contributed by atoms with Crippen LogP contribution in [0.5, 0.6) is 11.5 Å². The highest BCUT2D eigenvalue weighted by Crippen LogP contribution is 2.31. The van der Waals surface area contributed by atoms with Crippen molar-refractivity contribution >= 4 is 23.9 Å². The first-order valence-electron chi connectivity index (χ1n) is 11.2. The summed E-state index contributed by atoms with van der Waals surface area (Å²) in [4.78, 5) is 47.4. The Morgan fingerprint density at radius 3 is 1.37 bits per heavy atom. The van der Waals surface area contributed by atoms with Crippen LogP contribution in [-0.2, 0) is 23.9 Å². The zero-order chi connectivity index (χ0) is 26.4. The van der Waals surface area contributed by atoms with Crippen molar-refractivity contribution in [2.24, 2.45) is 10.8 Å². The molecule has 8 heteroatoms. The molecule has 0 aliphatic carbocycles. The Hall–Kier alpha value is -3.68. The van der Waals surface area contributed by atoms with E-state index in [1.54, 1.807) is 90.1 Å². The first kappa shape index (κ1) is 27.6. The number of benzene rings is 2. The molecule has 0 aliphatic heterocycles. The summed E-state index contributed by atoms with van der Waals surface area (Å²) in [5, 5.41) is 8.86. The van der Waals surface area contributed by atoms with Crippen LogP contribution in [0.25, 0.3) is 0 Å². The van der Waals surface area contributed by atoms with Crippen molar-refractivity contribution in [2.45, 2.75) is 60.5 Å². The topological polar surface area (TPSA) is 116 Å². The van der Waals surface area contributed by atoms with Crippen LogP contribution < -0.4 is 9.47 Å². The molecule has 0 heterocycles. The van der Waals surface area contributed by atoms with Gasteiger partial charge in [0.05, 0.1) is 23.7 Å². The monoisotopic (exact) mass is 484 g/mol. The highest BCUT2D eigenvalue weighted by Gasteiger charge is 2.26. The molecular formula is C27H32O8. The molecule has 2 aromatic carbocycles. The predicted octanol–water partition coefficient (Wildman–Crippen LogP) is 5.09. The van der Waals surface area contributed by atoms with Crippen LogP contribution in [0.3, 0.4) is 0 Å². The van der Waals surface area contributed by atoms with Gasteiger partial charge in [0.15, 0.2) is 6.10 Å². The van der Waals surface area contributed by atoms with Crippen molar-refractivity contribution in [3.63, 3.8) is 0 Å². The fourth-order valence-corrected chi connectivity index (χ4v) is 2.67. The van der Waals surface area contributed by atoms with Gasteiger partial charge in [-0.25, -0.2) is 0 Å². The fraction of sp³-hybridized carbons (Fsp3) is 0.407. The lowest BCUT2D eigenvalue weighted by atomic mass is 9.97. The average Bonchev–Trinajstić information content (AvgIpc) is 2.76. The first-order chi connectivity index (χ1) is 16.2. The standard InChI is InChI=1S/C27H32O8/c1-26(2,3)24(31)33-19-11-7-17(8-12-19)23(35-22(30)16-15-21(28)29)18-9-13-20(14-10-18)34-25(32)27(4,5)6/h7-14,23H,15-16H2,1-6H3,(H,28,29). The SMILES string of the molecule is CC(C)(C)C(=O)Oc1ccc(C(OC(=O)CCC(=O)O)c2ccc(OC(=O)C(C)(C)C)cc2)cc1. The van der Waals surface area contributed by atoms with Gasteiger partial charge in [0.2, 0.25) is 0 Å². The molecule has 0 aromatic heterocycles. The van der Waals surface area contributed by atoms with E-state index in [9.17, 15) is 19.2 Å². The molecule has 0 spiro atoms. The van der Waals surface area contributed by atoms with Crippen molar-refractivity contribution in [2.75, 3.05) is 0 Å². The molecule has 0 radical (unpaired) electrons. The number of carbonyl (C=O) groups is 4. The summed E-state index contributed by atoms with van der Waals surface area (Å²) >= 11 is 0. The van der Waals surface area contributed by atoms with Crippen LogP contribution >= 0.6 is 0 Å². The molecule has 0 unspecified atom stereocenters. The Bertz CT molecular complexity index is 983. The lowest BCUT2D eigenvalue weighted by Crippen LogP contribution is -2.25. The van der Waals surface area contributed by atoms with Crippen LogP contribution in [-0.4, -0.2) is 29.0 Å². The van der Waals surface area contributed by atoms with E-state index in [4.69, 9.17) is 19.3 Å². The van der Waals surface area contributed by atoms with Crippen LogP contribution in [0.4, 0.5) is 0 Å². The number of carbonyl (C=O) groups excluding carboxylic acids is 3. The van der Waals surface area contributed by atoms with E-state index in [0.717, 1.165) is 0 Å². The van der Waals surface area contributed by atoms with E-state index in [1.807, 2.05) is 0 Å². The molecule has 188 valence electrons. The minimum Gasteiger partial charge on any atom is -0.481 e. The zero-order valence-electron chi connectivity index (χ0n) is 20.9. The van der Waals surface area contributed by atoms with Gasteiger partial charge < -0.3 is 19.3 Å². The van der Waals surface area contributed by atoms with Gasteiger partial charge in [-0.1, -0.05) is 24.3 Å². The molecule has 0 amide bonds. The second kappa shape index (κ2) is 11.2. The smallest absolute Gasteiger partial charge is 0.316 e. The lowest BCUT2D eigenvalue weighted by Gasteiger charge is -2.21. The molecule has 0 fully saturated rings. The van der Waals surface area contributed by atoms with Gasteiger partial charge in [-0.3, -0.25) is 19.2 Å². The Kier molecular flexibility index (Phi) is 8.79. The van der Waals surface area contributed by atoms with Crippen molar-refractivity contribution in [1.82, 2.24) is 0 Å². The average molecular weight is 485 g/mol. The molecule has 0 saturated carbocycles. The summed E-state index contributed by atoms with van der Waals surface area (Å²) in [6.45, 7) is 10.5. The third-order valence-corrected chi connectivity index (χ3v) is 4.80. The minimum atomic E-state index is -1.10. The first-order valence-corrected chi connectivity index (χ1v) is 11.2. The minimum absolute atomic E-state index is 0.283. The number of esters is 3. The van der Waals surface area contributed by atoms with Gasteiger partial charge in [-0.15, -0.1) is 0 Å².